The van der Waals surface area contributed by atoms with Crippen LogP contribution >= 0.6 is 0 Å². The van der Waals surface area contributed by atoms with Crippen LogP contribution in [0.3, 0.4) is 0 Å². The lowest BCUT2D eigenvalue weighted by Crippen LogP contribution is -2.00. The first kappa shape index (κ1) is 12.2. The van der Waals surface area contributed by atoms with Crippen LogP contribution < -0.4 is 0 Å². The third-order valence-electron chi connectivity index (χ3n) is 1.94. The normalized spacial score (nSPS) is 10.3. The molecule has 0 bridgehead atoms. The summed E-state index contributed by atoms with van der Waals surface area (Å²) in [6.45, 7) is 2.08. The van der Waals surface area contributed by atoms with Crippen molar-refractivity contribution in [3.05, 3.63) is 48.0 Å². The summed E-state index contributed by atoms with van der Waals surface area (Å²) in [5, 5.41) is 0. The van der Waals surface area contributed by atoms with Gasteiger partial charge in [-0.25, -0.2) is 4.79 Å². The molecule has 0 aromatic heterocycles. The molecule has 0 saturated carbocycles. The zero-order valence-corrected chi connectivity index (χ0v) is 9.18. The van der Waals surface area contributed by atoms with Gasteiger partial charge in [0, 0.05) is 18.1 Å². The standard InChI is InChI=1S/C13H14O3/c1-2-16-13(15)10-6-9-12(14)11-7-4-3-5-8-11/h3-8,10H,2,9H2,1H3/b10-6+. The molecule has 3 heteroatoms. The summed E-state index contributed by atoms with van der Waals surface area (Å²) < 4.78 is 4.69. The number of ketones is 1. The summed E-state index contributed by atoms with van der Waals surface area (Å²) >= 11 is 0. The smallest absolute Gasteiger partial charge is 0.330 e. The van der Waals surface area contributed by atoms with Crippen molar-refractivity contribution >= 4 is 11.8 Å². The van der Waals surface area contributed by atoms with Gasteiger partial charge in [0.05, 0.1) is 6.61 Å². The number of hydrogen-bond acceptors (Lipinski definition) is 3. The maximum Gasteiger partial charge on any atom is 0.330 e. The monoisotopic (exact) mass is 218 g/mol. The van der Waals surface area contributed by atoms with E-state index in [2.05, 4.69) is 0 Å². The predicted molar refractivity (Wildman–Crippen MR) is 61.2 cm³/mol. The van der Waals surface area contributed by atoms with Crippen molar-refractivity contribution in [1.29, 1.82) is 0 Å². The maximum absolute atomic E-state index is 11.6. The van der Waals surface area contributed by atoms with Crippen molar-refractivity contribution in [2.45, 2.75) is 13.3 Å². The van der Waals surface area contributed by atoms with Crippen LogP contribution in [-0.2, 0) is 9.53 Å². The van der Waals surface area contributed by atoms with Gasteiger partial charge in [-0.2, -0.15) is 0 Å². The molecule has 0 N–H and O–H groups in total. The highest BCUT2D eigenvalue weighted by atomic mass is 16.5. The Labute approximate surface area is 94.7 Å². The second-order valence-electron chi connectivity index (χ2n) is 3.15. The Morgan fingerprint density at radius 3 is 2.56 bits per heavy atom. The number of hydrogen-bond donors (Lipinski definition) is 0. The van der Waals surface area contributed by atoms with Gasteiger partial charge < -0.3 is 4.74 Å². The van der Waals surface area contributed by atoms with Crippen molar-refractivity contribution in [2.75, 3.05) is 6.61 Å². The quantitative estimate of drug-likeness (QED) is 0.433. The average molecular weight is 218 g/mol. The van der Waals surface area contributed by atoms with E-state index in [1.165, 1.54) is 12.2 Å². The number of ether oxygens (including phenoxy) is 1. The van der Waals surface area contributed by atoms with Gasteiger partial charge in [0.2, 0.25) is 0 Å². The summed E-state index contributed by atoms with van der Waals surface area (Å²) in [6.07, 6.45) is 3.01. The second kappa shape index (κ2) is 6.56. The lowest BCUT2D eigenvalue weighted by atomic mass is 10.1. The van der Waals surface area contributed by atoms with E-state index in [0.29, 0.717) is 12.2 Å². The first-order chi connectivity index (χ1) is 7.74. The van der Waals surface area contributed by atoms with E-state index in [4.69, 9.17) is 4.74 Å². The molecule has 0 spiro atoms. The fraction of sp³-hybridized carbons (Fsp3) is 0.231. The molecule has 0 aliphatic rings. The summed E-state index contributed by atoms with van der Waals surface area (Å²) in [5.74, 6) is -0.426. The first-order valence-corrected chi connectivity index (χ1v) is 5.15. The van der Waals surface area contributed by atoms with Crippen LogP contribution in [0.25, 0.3) is 0 Å². The molecule has 0 amide bonds. The zero-order valence-electron chi connectivity index (χ0n) is 9.18. The fourth-order valence-electron chi connectivity index (χ4n) is 1.19. The Balaban J connectivity index is 2.45. The minimum absolute atomic E-state index is 0.0128. The van der Waals surface area contributed by atoms with E-state index in [-0.39, 0.29) is 12.2 Å². The molecule has 16 heavy (non-hydrogen) atoms. The Kier molecular flexibility index (Phi) is 4.99. The van der Waals surface area contributed by atoms with E-state index < -0.39 is 5.97 Å². The van der Waals surface area contributed by atoms with E-state index in [1.54, 1.807) is 19.1 Å². The molecule has 1 aromatic rings. The topological polar surface area (TPSA) is 43.4 Å². The number of benzene rings is 1. The van der Waals surface area contributed by atoms with Crippen LogP contribution in [-0.4, -0.2) is 18.4 Å². The Morgan fingerprint density at radius 2 is 1.94 bits per heavy atom. The van der Waals surface area contributed by atoms with Gasteiger partial charge in [-0.1, -0.05) is 36.4 Å². The van der Waals surface area contributed by atoms with E-state index >= 15 is 0 Å². The first-order valence-electron chi connectivity index (χ1n) is 5.15. The zero-order chi connectivity index (χ0) is 11.8. The number of rotatable bonds is 5. The Bertz CT molecular complexity index is 379. The molecule has 1 rings (SSSR count). The molecule has 84 valence electrons. The largest absolute Gasteiger partial charge is 0.463 e. The van der Waals surface area contributed by atoms with Crippen LogP contribution in [0, 0.1) is 0 Å². The molecule has 0 atom stereocenters. The SMILES string of the molecule is CCOC(=O)/C=C/CC(=O)c1ccccc1. The van der Waals surface area contributed by atoms with Crippen molar-refractivity contribution in [3.63, 3.8) is 0 Å². The molecule has 0 saturated heterocycles. The predicted octanol–water partition coefficient (Wildman–Crippen LogP) is 2.38. The van der Waals surface area contributed by atoms with Gasteiger partial charge in [-0.15, -0.1) is 0 Å². The lowest BCUT2D eigenvalue weighted by molar-refractivity contribution is -0.137. The fourth-order valence-corrected chi connectivity index (χ4v) is 1.19. The number of Topliss-reactive ketones (excluding diaryl/α,β-unsaturated/α-hetero) is 1. The molecule has 0 aliphatic heterocycles. The van der Waals surface area contributed by atoms with Crippen LogP contribution in [0.5, 0.6) is 0 Å². The highest BCUT2D eigenvalue weighted by Gasteiger charge is 2.02. The van der Waals surface area contributed by atoms with Crippen molar-refractivity contribution in [3.8, 4) is 0 Å². The molecule has 1 aromatic carbocycles. The van der Waals surface area contributed by atoms with E-state index in [0.717, 1.165) is 0 Å². The molecule has 0 aliphatic carbocycles. The van der Waals surface area contributed by atoms with Crippen LogP contribution in [0.15, 0.2) is 42.5 Å². The average Bonchev–Trinajstić information content (AvgIpc) is 2.30. The number of allylic oxidation sites excluding steroid dienone is 1. The summed E-state index contributed by atoms with van der Waals surface area (Å²) in [5.41, 5.74) is 0.649. The number of carbonyl (C=O) groups excluding carboxylic acids is 2. The highest BCUT2D eigenvalue weighted by molar-refractivity contribution is 5.97. The maximum atomic E-state index is 11.6. The van der Waals surface area contributed by atoms with Gasteiger partial charge in [-0.3, -0.25) is 4.79 Å². The molecule has 0 unspecified atom stereocenters. The molecule has 3 nitrogen and oxygen atoms in total. The molecular formula is C13H14O3. The minimum Gasteiger partial charge on any atom is -0.463 e. The van der Waals surface area contributed by atoms with Crippen LogP contribution in [0.1, 0.15) is 23.7 Å². The van der Waals surface area contributed by atoms with E-state index in [9.17, 15) is 9.59 Å². The molecule has 0 heterocycles. The van der Waals surface area contributed by atoms with Crippen molar-refractivity contribution in [1.82, 2.24) is 0 Å². The lowest BCUT2D eigenvalue weighted by Gasteiger charge is -1.96. The van der Waals surface area contributed by atoms with Gasteiger partial charge in [-0.05, 0) is 6.92 Å². The summed E-state index contributed by atoms with van der Waals surface area (Å²) in [4.78, 5) is 22.5. The van der Waals surface area contributed by atoms with Gasteiger partial charge in [0.1, 0.15) is 0 Å². The summed E-state index contributed by atoms with van der Waals surface area (Å²) in [6, 6.07) is 8.97. The number of carbonyl (C=O) groups is 2. The van der Waals surface area contributed by atoms with Gasteiger partial charge in [0.15, 0.2) is 5.78 Å². The Hall–Kier alpha value is -1.90. The van der Waals surface area contributed by atoms with Crippen LogP contribution in [0.4, 0.5) is 0 Å². The third kappa shape index (κ3) is 4.09. The minimum atomic E-state index is -0.414. The molecule has 0 fully saturated rings. The molecular weight excluding hydrogens is 204 g/mol. The van der Waals surface area contributed by atoms with Gasteiger partial charge >= 0.3 is 5.97 Å². The summed E-state index contributed by atoms with van der Waals surface area (Å²) in [7, 11) is 0. The van der Waals surface area contributed by atoms with Crippen LogP contribution in [0.2, 0.25) is 0 Å². The third-order valence-corrected chi connectivity index (χ3v) is 1.94. The highest BCUT2D eigenvalue weighted by Crippen LogP contribution is 2.03. The number of esters is 1. The van der Waals surface area contributed by atoms with Crippen molar-refractivity contribution < 1.29 is 14.3 Å². The van der Waals surface area contributed by atoms with Crippen molar-refractivity contribution in [2.24, 2.45) is 0 Å². The Morgan fingerprint density at radius 1 is 1.25 bits per heavy atom. The van der Waals surface area contributed by atoms with Gasteiger partial charge in [0.25, 0.3) is 0 Å². The molecule has 0 radical (unpaired) electrons. The second-order valence-corrected chi connectivity index (χ2v) is 3.15. The van der Waals surface area contributed by atoms with E-state index in [1.807, 2.05) is 18.2 Å².